The maximum Gasteiger partial charge on any atom is 0.315 e. The van der Waals surface area contributed by atoms with E-state index in [9.17, 15) is 0 Å². The van der Waals surface area contributed by atoms with E-state index in [1.807, 2.05) is 0 Å². The Morgan fingerprint density at radius 1 is 0.526 bits per heavy atom. The molecule has 0 N–H and O–H groups in total. The van der Waals surface area contributed by atoms with Gasteiger partial charge in [0.25, 0.3) is 0 Å². The number of methoxy groups -OCH3 is 1. The first-order chi connectivity index (χ1) is 17.7. The second kappa shape index (κ2) is 20.5. The molecular weight excluding hydrogens is 589 g/mol. The van der Waals surface area contributed by atoms with Crippen LogP contribution in [0.3, 0.4) is 0 Å². The minimum atomic E-state index is -2.46. The summed E-state index contributed by atoms with van der Waals surface area (Å²) in [6.45, 7) is 20.0. The summed E-state index contributed by atoms with van der Waals surface area (Å²) < 4.78 is 29.6. The van der Waals surface area contributed by atoms with E-state index in [4.69, 9.17) is 17.1 Å². The van der Waals surface area contributed by atoms with Crippen molar-refractivity contribution in [3.63, 3.8) is 0 Å². The Hall–Kier alpha value is -0.392. The van der Waals surface area contributed by atoms with Gasteiger partial charge in [0.1, 0.15) is 12.9 Å². The minimum Gasteiger partial charge on any atom is -0.501 e. The molecule has 228 valence electrons. The van der Waals surface area contributed by atoms with Gasteiger partial charge < -0.3 is 26.7 Å². The lowest BCUT2D eigenvalue weighted by Crippen LogP contribution is -2.56. The molecule has 0 spiro atoms. The Morgan fingerprint density at radius 2 is 1.05 bits per heavy atom. The monoisotopic (exact) mass is 630 g/mol. The Morgan fingerprint density at radius 3 is 1.58 bits per heavy atom. The van der Waals surface area contributed by atoms with Gasteiger partial charge >= 0.3 is 17.1 Å². The van der Waals surface area contributed by atoms with E-state index < -0.39 is 33.8 Å². The van der Waals surface area contributed by atoms with Crippen molar-refractivity contribution in [2.45, 2.75) is 71.4 Å². The van der Waals surface area contributed by atoms with Crippen LogP contribution in [0, 0.1) is 0 Å². The normalized spacial score (nSPS) is 14.7. The van der Waals surface area contributed by atoms with Gasteiger partial charge in [0.2, 0.25) is 0 Å². The Kier molecular flexibility index (Phi) is 20.3. The lowest BCUT2D eigenvalue weighted by molar-refractivity contribution is -0.862. The van der Waals surface area contributed by atoms with Crippen molar-refractivity contribution in [3.05, 3.63) is 12.5 Å². The zero-order chi connectivity index (χ0) is 29.0. The van der Waals surface area contributed by atoms with Crippen LogP contribution in [-0.4, -0.2) is 60.7 Å². The van der Waals surface area contributed by atoms with E-state index in [2.05, 4.69) is 124 Å². The molecule has 0 aromatic rings. The summed E-state index contributed by atoms with van der Waals surface area (Å²) in [6.07, 6.45) is 2.88. The van der Waals surface area contributed by atoms with Crippen molar-refractivity contribution < 1.29 is 82.0 Å². The molecule has 21 heteroatoms. The fraction of sp³-hybridized carbons (Fsp3) is 0.882. The third-order valence-corrected chi connectivity index (χ3v) is 16.9. The smallest absolute Gasteiger partial charge is 0.315 e. The van der Waals surface area contributed by atoms with Gasteiger partial charge in [0.15, 0.2) is 22.9 Å². The molecule has 17 nitrogen and oxygen atoms in total. The molecule has 1 atom stereocenters. The summed E-state index contributed by atoms with van der Waals surface area (Å²) >= 11 is 0. The van der Waals surface area contributed by atoms with Crippen molar-refractivity contribution >= 4 is 33.8 Å². The van der Waals surface area contributed by atoms with Crippen LogP contribution < -0.4 is 0 Å². The predicted octanol–water partition coefficient (Wildman–Crippen LogP) is 4.27. The van der Waals surface area contributed by atoms with Crippen LogP contribution in [0.5, 0.6) is 0 Å². The van der Waals surface area contributed by atoms with Crippen molar-refractivity contribution in [3.8, 4) is 0 Å². The van der Waals surface area contributed by atoms with Crippen LogP contribution in [0.4, 0.5) is 0 Å². The number of hydrogen-bond donors (Lipinski definition) is 0. The zero-order valence-electron chi connectivity index (χ0n) is 23.6. The van der Waals surface area contributed by atoms with Crippen LogP contribution in [0.1, 0.15) is 6.42 Å². The van der Waals surface area contributed by atoms with Crippen LogP contribution >= 0.6 is 0 Å². The highest BCUT2D eigenvalue weighted by molar-refractivity contribution is 6.89. The second-order valence-electron chi connectivity index (χ2n) is 9.89. The van der Waals surface area contributed by atoms with Crippen molar-refractivity contribution in [2.75, 3.05) is 26.9 Å². The third kappa shape index (κ3) is 25.9. The lowest BCUT2D eigenvalue weighted by Gasteiger charge is -2.41. The van der Waals surface area contributed by atoms with E-state index in [0.717, 1.165) is 25.0 Å². The van der Waals surface area contributed by atoms with Crippen molar-refractivity contribution in [2.24, 2.45) is 0 Å². The van der Waals surface area contributed by atoms with Gasteiger partial charge in [-0.25, -0.2) is 4.89 Å². The van der Waals surface area contributed by atoms with Crippen LogP contribution in [0.15, 0.2) is 12.5 Å². The summed E-state index contributed by atoms with van der Waals surface area (Å²) in [5.41, 5.74) is 0. The summed E-state index contributed by atoms with van der Waals surface area (Å²) in [6, 6.07) is 0.782. The highest BCUT2D eigenvalue weighted by Gasteiger charge is 2.44. The molecule has 38 heavy (non-hydrogen) atoms. The third-order valence-electron chi connectivity index (χ3n) is 3.35. The first-order valence-corrected chi connectivity index (χ1v) is 23.6. The van der Waals surface area contributed by atoms with E-state index in [-0.39, 0.29) is 13.2 Å². The topological polar surface area (TPSA) is 157 Å². The molecule has 0 amide bonds. The van der Waals surface area contributed by atoms with Crippen molar-refractivity contribution in [1.29, 1.82) is 0 Å². The molecule has 0 aromatic heterocycles. The van der Waals surface area contributed by atoms with Crippen molar-refractivity contribution in [1.82, 2.24) is 0 Å². The van der Waals surface area contributed by atoms with Crippen LogP contribution in [0.25, 0.3) is 0 Å². The summed E-state index contributed by atoms with van der Waals surface area (Å²) in [5.74, 6) is 0. The molecule has 0 saturated carbocycles. The molecule has 0 aliphatic rings. The van der Waals surface area contributed by atoms with E-state index in [0.29, 0.717) is 6.61 Å². The fourth-order valence-corrected chi connectivity index (χ4v) is 20.9. The maximum atomic E-state index is 6.62. The molecule has 0 aromatic carbocycles. The molecule has 0 rings (SSSR count). The predicted molar refractivity (Wildman–Crippen MR) is 133 cm³/mol. The standard InChI is InChI=1S/C17H42O17Si4/c1-18-13-15-20-22-24-26-28-30-31-29-27-25-23-21-16-14-19-12-11-17-38(10,33-36(5,6)7)34-37(8,9)32-35(2,3)4/h13,15H,11-12,14,16-17H2,1-10H3/b15-13-. The van der Waals surface area contributed by atoms with E-state index >= 15 is 0 Å². The quantitative estimate of drug-likeness (QED) is 0.0438. The van der Waals surface area contributed by atoms with Gasteiger partial charge in [-0.2, -0.15) is 0 Å². The number of hydrogen-bond acceptors (Lipinski definition) is 17. The Labute approximate surface area is 226 Å². The van der Waals surface area contributed by atoms with Crippen LogP contribution in [0.2, 0.25) is 65.0 Å². The van der Waals surface area contributed by atoms with Gasteiger partial charge in [-0.15, -0.1) is 0 Å². The van der Waals surface area contributed by atoms with Gasteiger partial charge in [-0.05, 0) is 96.6 Å². The molecule has 0 heterocycles. The maximum absolute atomic E-state index is 6.62. The highest BCUT2D eigenvalue weighted by atomic mass is 28.5. The molecule has 0 saturated heterocycles. The summed E-state index contributed by atoms with van der Waals surface area (Å²) in [7, 11) is -6.96. The first-order valence-electron chi connectivity index (χ1n) is 11.5. The molecular formula is C17H42O17Si4. The zero-order valence-corrected chi connectivity index (χ0v) is 27.6. The summed E-state index contributed by atoms with van der Waals surface area (Å²) in [5, 5.41) is 38.6. The molecule has 0 radical (unpaired) electrons. The average molecular weight is 631 g/mol. The Balaban J connectivity index is 3.85. The average Bonchev–Trinajstić information content (AvgIpc) is 2.74. The largest absolute Gasteiger partial charge is 0.501 e. The Bertz CT molecular complexity index is 604. The number of ether oxygens (including phenoxy) is 2. The van der Waals surface area contributed by atoms with Gasteiger partial charge in [-0.3, -0.25) is 0 Å². The van der Waals surface area contributed by atoms with Gasteiger partial charge in [0.05, 0.1) is 13.7 Å². The highest BCUT2D eigenvalue weighted by Crippen LogP contribution is 2.27. The first kappa shape index (κ1) is 37.6. The molecule has 0 fully saturated rings. The SMILES string of the molecule is CO/C=C\OOOOOOOOOOOOCCOCCC[Si](C)(O[Si](C)(C)C)O[Si](C)(C)O[Si](C)(C)C. The minimum absolute atomic E-state index is 0.0389. The van der Waals surface area contributed by atoms with Gasteiger partial charge in [-0.1, -0.05) is 0 Å². The van der Waals surface area contributed by atoms with Crippen LogP contribution in [-0.2, 0) is 82.0 Å². The molecule has 1 unspecified atom stereocenters. The molecule has 0 aliphatic carbocycles. The lowest BCUT2D eigenvalue weighted by atomic mass is 10.5. The fourth-order valence-electron chi connectivity index (χ4n) is 3.00. The molecule has 0 aliphatic heterocycles. The summed E-state index contributed by atoms with van der Waals surface area (Å²) in [4.78, 5) is 8.85. The van der Waals surface area contributed by atoms with E-state index in [1.165, 1.54) is 7.11 Å². The van der Waals surface area contributed by atoms with E-state index in [1.54, 1.807) is 0 Å². The van der Waals surface area contributed by atoms with Gasteiger partial charge in [0, 0.05) is 31.8 Å². The number of rotatable bonds is 26. The second-order valence-corrected chi connectivity index (χ2v) is 26.4. The molecule has 0 bridgehead atoms.